The van der Waals surface area contributed by atoms with Gasteiger partial charge in [0.1, 0.15) is 11.9 Å². The van der Waals surface area contributed by atoms with Crippen LogP contribution in [0.4, 0.5) is 0 Å². The molecule has 0 heterocycles. The molecule has 1 saturated carbocycles. The highest BCUT2D eigenvalue weighted by Crippen LogP contribution is 2.24. The molecular formula is C13H19NO. The SMILES string of the molecule is CCNC1CCC(Oc2ccccc2)C1. The van der Waals surface area contributed by atoms with Crippen LogP contribution in [0.15, 0.2) is 30.3 Å². The summed E-state index contributed by atoms with van der Waals surface area (Å²) in [6, 6.07) is 10.8. The van der Waals surface area contributed by atoms with E-state index in [1.54, 1.807) is 0 Å². The third-order valence-electron chi connectivity index (χ3n) is 2.92. The van der Waals surface area contributed by atoms with Crippen molar-refractivity contribution in [3.8, 4) is 5.75 Å². The van der Waals surface area contributed by atoms with Crippen LogP contribution in [0.25, 0.3) is 0 Å². The molecule has 2 heteroatoms. The summed E-state index contributed by atoms with van der Waals surface area (Å²) in [7, 11) is 0. The first-order valence-corrected chi connectivity index (χ1v) is 5.83. The first kappa shape index (κ1) is 10.5. The molecule has 2 unspecified atom stereocenters. The van der Waals surface area contributed by atoms with Gasteiger partial charge in [-0.3, -0.25) is 0 Å². The smallest absolute Gasteiger partial charge is 0.119 e. The van der Waals surface area contributed by atoms with E-state index in [9.17, 15) is 0 Å². The van der Waals surface area contributed by atoms with Gasteiger partial charge in [-0.2, -0.15) is 0 Å². The Morgan fingerprint density at radius 2 is 2.07 bits per heavy atom. The molecule has 2 atom stereocenters. The van der Waals surface area contributed by atoms with Crippen molar-refractivity contribution in [2.24, 2.45) is 0 Å². The van der Waals surface area contributed by atoms with Gasteiger partial charge < -0.3 is 10.1 Å². The van der Waals surface area contributed by atoms with E-state index in [-0.39, 0.29) is 0 Å². The standard InChI is InChI=1S/C13H19NO/c1-2-14-11-8-9-13(10-11)15-12-6-4-3-5-7-12/h3-7,11,13-14H,2,8-10H2,1H3. The zero-order valence-electron chi connectivity index (χ0n) is 9.28. The number of nitrogens with one attached hydrogen (secondary N) is 1. The number of hydrogen-bond donors (Lipinski definition) is 1. The topological polar surface area (TPSA) is 21.3 Å². The third-order valence-corrected chi connectivity index (χ3v) is 2.92. The summed E-state index contributed by atoms with van der Waals surface area (Å²) in [6.07, 6.45) is 3.96. The lowest BCUT2D eigenvalue weighted by Crippen LogP contribution is -2.27. The second-order valence-electron chi connectivity index (χ2n) is 4.12. The van der Waals surface area contributed by atoms with Crippen LogP contribution >= 0.6 is 0 Å². The first-order chi connectivity index (χ1) is 7.38. The van der Waals surface area contributed by atoms with Crippen molar-refractivity contribution >= 4 is 0 Å². The highest BCUT2D eigenvalue weighted by Gasteiger charge is 2.25. The summed E-state index contributed by atoms with van der Waals surface area (Å²) < 4.78 is 5.91. The lowest BCUT2D eigenvalue weighted by Gasteiger charge is -2.14. The molecule has 2 rings (SSSR count). The Hall–Kier alpha value is -1.02. The maximum absolute atomic E-state index is 5.91. The summed E-state index contributed by atoms with van der Waals surface area (Å²) in [4.78, 5) is 0. The van der Waals surface area contributed by atoms with Gasteiger partial charge in [0.05, 0.1) is 0 Å². The van der Waals surface area contributed by atoms with Crippen LogP contribution in [0.3, 0.4) is 0 Å². The Morgan fingerprint density at radius 3 is 2.80 bits per heavy atom. The van der Waals surface area contributed by atoms with Crippen LogP contribution in [0.5, 0.6) is 5.75 Å². The number of rotatable bonds is 4. The normalized spacial score (nSPS) is 25.4. The van der Waals surface area contributed by atoms with E-state index in [1.165, 1.54) is 12.8 Å². The van der Waals surface area contributed by atoms with Crippen LogP contribution in [0, 0.1) is 0 Å². The zero-order chi connectivity index (χ0) is 10.5. The number of benzene rings is 1. The number of para-hydroxylation sites is 1. The Kier molecular flexibility index (Phi) is 3.62. The van der Waals surface area contributed by atoms with E-state index in [0.29, 0.717) is 12.1 Å². The molecule has 2 nitrogen and oxygen atoms in total. The van der Waals surface area contributed by atoms with Crippen LogP contribution < -0.4 is 10.1 Å². The van der Waals surface area contributed by atoms with E-state index >= 15 is 0 Å². The van der Waals surface area contributed by atoms with Gasteiger partial charge >= 0.3 is 0 Å². The molecule has 0 radical (unpaired) electrons. The summed E-state index contributed by atoms with van der Waals surface area (Å²) in [5, 5.41) is 3.48. The lowest BCUT2D eigenvalue weighted by atomic mass is 10.2. The van der Waals surface area contributed by atoms with Gasteiger partial charge in [-0.25, -0.2) is 0 Å². The fraction of sp³-hybridized carbons (Fsp3) is 0.538. The highest BCUT2D eigenvalue weighted by atomic mass is 16.5. The average Bonchev–Trinajstić information content (AvgIpc) is 2.68. The van der Waals surface area contributed by atoms with E-state index in [4.69, 9.17) is 4.74 Å². The molecule has 1 fully saturated rings. The fourth-order valence-electron chi connectivity index (χ4n) is 2.21. The van der Waals surface area contributed by atoms with Gasteiger partial charge in [-0.15, -0.1) is 0 Å². The van der Waals surface area contributed by atoms with Gasteiger partial charge in [-0.05, 0) is 37.9 Å². The second kappa shape index (κ2) is 5.17. The van der Waals surface area contributed by atoms with Gasteiger partial charge in [0.2, 0.25) is 0 Å². The van der Waals surface area contributed by atoms with Crippen molar-refractivity contribution in [3.05, 3.63) is 30.3 Å². The Labute approximate surface area is 91.6 Å². The largest absolute Gasteiger partial charge is 0.490 e. The first-order valence-electron chi connectivity index (χ1n) is 5.83. The van der Waals surface area contributed by atoms with E-state index in [2.05, 4.69) is 12.2 Å². The van der Waals surface area contributed by atoms with Crippen LogP contribution in [0.1, 0.15) is 26.2 Å². The van der Waals surface area contributed by atoms with Crippen molar-refractivity contribution < 1.29 is 4.74 Å². The summed E-state index contributed by atoms with van der Waals surface area (Å²) in [5.74, 6) is 1.000. The molecule has 1 aromatic carbocycles. The second-order valence-corrected chi connectivity index (χ2v) is 4.12. The van der Waals surface area contributed by atoms with Gasteiger partial charge in [-0.1, -0.05) is 25.1 Å². The highest BCUT2D eigenvalue weighted by molar-refractivity contribution is 5.21. The van der Waals surface area contributed by atoms with Gasteiger partial charge in [0.15, 0.2) is 0 Å². The quantitative estimate of drug-likeness (QED) is 0.815. The molecule has 1 aliphatic rings. The van der Waals surface area contributed by atoms with Crippen molar-refractivity contribution in [1.82, 2.24) is 5.32 Å². The summed E-state index contributed by atoms with van der Waals surface area (Å²) in [5.41, 5.74) is 0. The molecule has 82 valence electrons. The maximum atomic E-state index is 5.91. The molecule has 0 aliphatic heterocycles. The van der Waals surface area contributed by atoms with Gasteiger partial charge in [0.25, 0.3) is 0 Å². The van der Waals surface area contributed by atoms with Crippen LogP contribution in [0.2, 0.25) is 0 Å². The Balaban J connectivity index is 1.82. The minimum Gasteiger partial charge on any atom is -0.490 e. The molecular weight excluding hydrogens is 186 g/mol. The predicted molar refractivity (Wildman–Crippen MR) is 62.2 cm³/mol. The summed E-state index contributed by atoms with van der Waals surface area (Å²) in [6.45, 7) is 3.22. The molecule has 1 aromatic rings. The minimum atomic E-state index is 0.399. The average molecular weight is 205 g/mol. The van der Waals surface area contributed by atoms with Crippen molar-refractivity contribution in [2.75, 3.05) is 6.54 Å². The summed E-state index contributed by atoms with van der Waals surface area (Å²) >= 11 is 0. The molecule has 1 aliphatic carbocycles. The zero-order valence-corrected chi connectivity index (χ0v) is 9.28. The van der Waals surface area contributed by atoms with Crippen molar-refractivity contribution in [3.63, 3.8) is 0 Å². The molecule has 1 N–H and O–H groups in total. The minimum absolute atomic E-state index is 0.399. The molecule has 0 saturated heterocycles. The fourth-order valence-corrected chi connectivity index (χ4v) is 2.21. The number of hydrogen-bond acceptors (Lipinski definition) is 2. The molecule has 0 amide bonds. The predicted octanol–water partition coefficient (Wildman–Crippen LogP) is 2.60. The van der Waals surface area contributed by atoms with E-state index in [1.807, 2.05) is 30.3 Å². The Morgan fingerprint density at radius 1 is 1.27 bits per heavy atom. The van der Waals surface area contributed by atoms with E-state index in [0.717, 1.165) is 18.7 Å². The van der Waals surface area contributed by atoms with Crippen LogP contribution in [-0.4, -0.2) is 18.7 Å². The number of ether oxygens (including phenoxy) is 1. The lowest BCUT2D eigenvalue weighted by molar-refractivity contribution is 0.206. The van der Waals surface area contributed by atoms with Crippen LogP contribution in [-0.2, 0) is 0 Å². The molecule has 0 spiro atoms. The monoisotopic (exact) mass is 205 g/mol. The van der Waals surface area contributed by atoms with Crippen molar-refractivity contribution in [2.45, 2.75) is 38.3 Å². The van der Waals surface area contributed by atoms with Gasteiger partial charge in [0, 0.05) is 6.04 Å². The molecule has 0 aromatic heterocycles. The third kappa shape index (κ3) is 2.96. The Bertz CT molecular complexity index is 286. The van der Waals surface area contributed by atoms with E-state index < -0.39 is 0 Å². The molecule has 0 bridgehead atoms. The maximum Gasteiger partial charge on any atom is 0.119 e. The van der Waals surface area contributed by atoms with Crippen molar-refractivity contribution in [1.29, 1.82) is 0 Å². The molecule has 15 heavy (non-hydrogen) atoms.